The van der Waals surface area contributed by atoms with Crippen LogP contribution < -0.4 is 0 Å². The van der Waals surface area contributed by atoms with Crippen LogP contribution in [0.15, 0.2) is 36.1 Å². The molecule has 2 unspecified atom stereocenters. The Labute approximate surface area is 125 Å². The Kier molecular flexibility index (Phi) is 7.19. The van der Waals surface area contributed by atoms with E-state index in [0.717, 1.165) is 11.8 Å². The van der Waals surface area contributed by atoms with Gasteiger partial charge < -0.3 is 19.3 Å². The molecule has 21 heavy (non-hydrogen) atoms. The zero-order valence-electron chi connectivity index (χ0n) is 12.9. The van der Waals surface area contributed by atoms with E-state index in [-0.39, 0.29) is 5.92 Å². The summed E-state index contributed by atoms with van der Waals surface area (Å²) in [5.41, 5.74) is -0.462. The van der Waals surface area contributed by atoms with Gasteiger partial charge in [-0.05, 0) is 26.0 Å². The first-order chi connectivity index (χ1) is 10.1. The van der Waals surface area contributed by atoms with Gasteiger partial charge in [-0.15, -0.1) is 0 Å². The Bertz CT molecular complexity index is 424. The molecule has 0 saturated heterocycles. The van der Waals surface area contributed by atoms with Crippen LogP contribution in [0, 0.1) is 11.3 Å². The van der Waals surface area contributed by atoms with E-state index >= 15 is 0 Å². The third kappa shape index (κ3) is 5.02. The van der Waals surface area contributed by atoms with Gasteiger partial charge in [-0.2, -0.15) is 0 Å². The molecule has 1 aliphatic rings. The fraction of sp³-hybridized carbons (Fsp3) is 0.562. The lowest BCUT2D eigenvalue weighted by atomic mass is 9.73. The molecule has 0 spiro atoms. The van der Waals surface area contributed by atoms with E-state index in [9.17, 15) is 4.79 Å². The van der Waals surface area contributed by atoms with Crippen LogP contribution >= 0.6 is 0 Å². The summed E-state index contributed by atoms with van der Waals surface area (Å²) in [5.74, 6) is -0.329. The second-order valence-electron chi connectivity index (χ2n) is 4.87. The fourth-order valence-electron chi connectivity index (χ4n) is 2.39. The number of methoxy groups -OCH3 is 1. The molecule has 1 N–H and O–H groups in total. The van der Waals surface area contributed by atoms with Crippen molar-refractivity contribution in [2.24, 2.45) is 11.3 Å². The summed E-state index contributed by atoms with van der Waals surface area (Å²) < 4.78 is 16.5. The predicted octanol–water partition coefficient (Wildman–Crippen LogP) is 2.40. The highest BCUT2D eigenvalue weighted by molar-refractivity contribution is 5.79. The van der Waals surface area contributed by atoms with Crippen LogP contribution in [0.5, 0.6) is 0 Å². The van der Waals surface area contributed by atoms with Crippen molar-refractivity contribution in [2.75, 3.05) is 33.5 Å². The Morgan fingerprint density at radius 2 is 2.14 bits per heavy atom. The highest BCUT2D eigenvalue weighted by Gasteiger charge is 2.37. The molecule has 0 fully saturated rings. The van der Waals surface area contributed by atoms with Crippen molar-refractivity contribution in [1.29, 1.82) is 0 Å². The molecule has 0 radical (unpaired) electrons. The monoisotopic (exact) mass is 296 g/mol. The summed E-state index contributed by atoms with van der Waals surface area (Å²) in [6.45, 7) is 5.86. The number of rotatable bonds is 9. The zero-order chi connectivity index (χ0) is 15.7. The minimum Gasteiger partial charge on any atom is -0.494 e. The Hall–Kier alpha value is -1.59. The first kappa shape index (κ1) is 17.5. The number of carboxylic acid groups (broad SMARTS) is 1. The molecule has 0 amide bonds. The zero-order valence-corrected chi connectivity index (χ0v) is 12.9. The van der Waals surface area contributed by atoms with Crippen molar-refractivity contribution < 1.29 is 24.1 Å². The number of hydrogen-bond acceptors (Lipinski definition) is 4. The number of ether oxygens (including phenoxy) is 3. The molecule has 0 bridgehead atoms. The smallest absolute Gasteiger partial charge is 0.327 e. The van der Waals surface area contributed by atoms with Crippen LogP contribution in [0.4, 0.5) is 0 Å². The molecule has 0 saturated carbocycles. The van der Waals surface area contributed by atoms with Gasteiger partial charge in [-0.25, -0.2) is 4.79 Å². The molecule has 0 aromatic carbocycles. The van der Waals surface area contributed by atoms with Gasteiger partial charge in [-0.3, -0.25) is 0 Å². The molecule has 5 nitrogen and oxygen atoms in total. The highest BCUT2D eigenvalue weighted by atomic mass is 16.5. The van der Waals surface area contributed by atoms with Crippen molar-refractivity contribution in [3.05, 3.63) is 36.1 Å². The molecule has 1 aliphatic carbocycles. The topological polar surface area (TPSA) is 65.0 Å². The van der Waals surface area contributed by atoms with Crippen LogP contribution in [0.2, 0.25) is 0 Å². The summed E-state index contributed by atoms with van der Waals surface area (Å²) in [6, 6.07) is 0. The molecule has 5 heteroatoms. The van der Waals surface area contributed by atoms with Crippen LogP contribution in [-0.2, 0) is 19.0 Å². The maximum Gasteiger partial charge on any atom is 0.327 e. The predicted molar refractivity (Wildman–Crippen MR) is 79.9 cm³/mol. The van der Waals surface area contributed by atoms with E-state index in [1.165, 1.54) is 0 Å². The lowest BCUT2D eigenvalue weighted by Gasteiger charge is -2.37. The summed E-state index contributed by atoms with van der Waals surface area (Å²) in [7, 11) is 1.62. The molecular weight excluding hydrogens is 272 g/mol. The number of allylic oxidation sites excluding steroid dienone is 3. The molecule has 0 aromatic heterocycles. The van der Waals surface area contributed by atoms with Gasteiger partial charge in [0, 0.05) is 31.1 Å². The second-order valence-corrected chi connectivity index (χ2v) is 4.87. The van der Waals surface area contributed by atoms with Crippen molar-refractivity contribution in [2.45, 2.75) is 13.8 Å². The van der Waals surface area contributed by atoms with E-state index in [2.05, 4.69) is 0 Å². The Balaban J connectivity index is 3.08. The van der Waals surface area contributed by atoms with Crippen molar-refractivity contribution >= 4 is 5.97 Å². The lowest BCUT2D eigenvalue weighted by molar-refractivity contribution is -0.131. The normalized spacial score (nSPS) is 25.1. The molecule has 0 heterocycles. The summed E-state index contributed by atoms with van der Waals surface area (Å²) in [6.07, 6.45) is 8.59. The average molecular weight is 296 g/mol. The van der Waals surface area contributed by atoms with Crippen molar-refractivity contribution in [1.82, 2.24) is 0 Å². The minimum absolute atomic E-state index is 0.121. The number of hydrogen-bond donors (Lipinski definition) is 1. The number of carboxylic acids is 1. The average Bonchev–Trinajstić information content (AvgIpc) is 2.45. The van der Waals surface area contributed by atoms with Gasteiger partial charge in [0.2, 0.25) is 0 Å². The Morgan fingerprint density at radius 3 is 2.71 bits per heavy atom. The molecule has 118 valence electrons. The SMILES string of the molecule is CCOCC1(COC)C=C(OCC)C=CC1C=CC(=O)O. The first-order valence-corrected chi connectivity index (χ1v) is 7.09. The summed E-state index contributed by atoms with van der Waals surface area (Å²) >= 11 is 0. The van der Waals surface area contributed by atoms with Gasteiger partial charge in [0.05, 0.1) is 19.8 Å². The van der Waals surface area contributed by atoms with E-state index in [1.54, 1.807) is 13.2 Å². The molecule has 0 aliphatic heterocycles. The quantitative estimate of drug-likeness (QED) is 0.662. The van der Waals surface area contributed by atoms with Gasteiger partial charge >= 0.3 is 5.97 Å². The van der Waals surface area contributed by atoms with Gasteiger partial charge in [0.25, 0.3) is 0 Å². The minimum atomic E-state index is -0.967. The Morgan fingerprint density at radius 1 is 1.38 bits per heavy atom. The molecule has 0 aromatic rings. The molecular formula is C16H24O5. The maximum atomic E-state index is 10.8. The second kappa shape index (κ2) is 8.64. The third-order valence-corrected chi connectivity index (χ3v) is 3.31. The maximum absolute atomic E-state index is 10.8. The van der Waals surface area contributed by atoms with Gasteiger partial charge in [-0.1, -0.05) is 12.2 Å². The summed E-state index contributed by atoms with van der Waals surface area (Å²) in [5, 5.41) is 8.84. The van der Waals surface area contributed by atoms with E-state index in [0.29, 0.717) is 26.4 Å². The molecule has 1 rings (SSSR count). The third-order valence-electron chi connectivity index (χ3n) is 3.31. The van der Waals surface area contributed by atoms with Crippen LogP contribution in [0.3, 0.4) is 0 Å². The van der Waals surface area contributed by atoms with Gasteiger partial charge in [0.15, 0.2) is 0 Å². The largest absolute Gasteiger partial charge is 0.494 e. The van der Waals surface area contributed by atoms with Crippen molar-refractivity contribution in [3.63, 3.8) is 0 Å². The lowest BCUT2D eigenvalue weighted by Crippen LogP contribution is -2.38. The van der Waals surface area contributed by atoms with Crippen molar-refractivity contribution in [3.8, 4) is 0 Å². The molecule has 2 atom stereocenters. The standard InChI is InChI=1S/C16H24O5/c1-4-20-12-16(11-19-3)10-14(21-5-2)8-6-13(16)7-9-15(17)18/h6-10,13H,4-5,11-12H2,1-3H3,(H,17,18). The van der Waals surface area contributed by atoms with Crippen LogP contribution in [0.1, 0.15) is 13.8 Å². The van der Waals surface area contributed by atoms with E-state index in [1.807, 2.05) is 32.1 Å². The number of carbonyl (C=O) groups is 1. The van der Waals surface area contributed by atoms with Gasteiger partial charge in [0.1, 0.15) is 5.76 Å². The highest BCUT2D eigenvalue weighted by Crippen LogP contribution is 2.38. The van der Waals surface area contributed by atoms with E-state index in [4.69, 9.17) is 19.3 Å². The first-order valence-electron chi connectivity index (χ1n) is 7.09. The number of aliphatic carboxylic acids is 1. The summed E-state index contributed by atoms with van der Waals surface area (Å²) in [4.78, 5) is 10.8. The van der Waals surface area contributed by atoms with E-state index < -0.39 is 11.4 Å². The van der Waals surface area contributed by atoms with Crippen LogP contribution in [0.25, 0.3) is 0 Å². The van der Waals surface area contributed by atoms with Crippen LogP contribution in [-0.4, -0.2) is 44.6 Å². The fourth-order valence-corrected chi connectivity index (χ4v) is 2.39.